The highest BCUT2D eigenvalue weighted by Gasteiger charge is 2.22. The SMILES string of the molecule is COc1ccc(CCNC(=O)c2cccc3c2SCCC3=O)cc1OC. The number of hydrogen-bond donors (Lipinski definition) is 1. The van der Waals surface area contributed by atoms with Gasteiger partial charge in [0.05, 0.1) is 19.8 Å². The van der Waals surface area contributed by atoms with Crippen molar-refractivity contribution >= 4 is 23.5 Å². The van der Waals surface area contributed by atoms with E-state index in [0.717, 1.165) is 16.2 Å². The van der Waals surface area contributed by atoms with Crippen LogP contribution in [0.4, 0.5) is 0 Å². The second-order valence-electron chi connectivity index (χ2n) is 5.90. The first-order valence-electron chi connectivity index (χ1n) is 8.42. The molecule has 0 aliphatic carbocycles. The lowest BCUT2D eigenvalue weighted by Gasteiger charge is -2.17. The van der Waals surface area contributed by atoms with Gasteiger partial charge in [-0.2, -0.15) is 0 Å². The third-order valence-electron chi connectivity index (χ3n) is 4.28. The predicted octanol–water partition coefficient (Wildman–Crippen LogP) is 3.35. The predicted molar refractivity (Wildman–Crippen MR) is 102 cm³/mol. The van der Waals surface area contributed by atoms with E-state index < -0.39 is 0 Å². The Morgan fingerprint density at radius 2 is 1.96 bits per heavy atom. The molecule has 2 aromatic rings. The van der Waals surface area contributed by atoms with Crippen molar-refractivity contribution in [1.29, 1.82) is 0 Å². The van der Waals surface area contributed by atoms with Gasteiger partial charge in [0.2, 0.25) is 0 Å². The van der Waals surface area contributed by atoms with Gasteiger partial charge in [0, 0.05) is 29.2 Å². The van der Waals surface area contributed by atoms with E-state index in [-0.39, 0.29) is 11.7 Å². The summed E-state index contributed by atoms with van der Waals surface area (Å²) in [6.45, 7) is 0.497. The molecular weight excluding hydrogens is 350 g/mol. The summed E-state index contributed by atoms with van der Waals surface area (Å²) < 4.78 is 10.5. The van der Waals surface area contributed by atoms with Crippen molar-refractivity contribution in [3.05, 3.63) is 53.1 Å². The van der Waals surface area contributed by atoms with E-state index in [1.807, 2.05) is 18.2 Å². The molecule has 1 heterocycles. The standard InChI is InChI=1S/C20H21NO4S/c1-24-17-7-6-13(12-18(17)25-2)8-10-21-20(23)15-5-3-4-14-16(22)9-11-26-19(14)15/h3-7,12H,8-11H2,1-2H3,(H,21,23). The van der Waals surface area contributed by atoms with Crippen molar-refractivity contribution in [3.63, 3.8) is 0 Å². The maximum absolute atomic E-state index is 12.6. The summed E-state index contributed by atoms with van der Waals surface area (Å²) in [5.41, 5.74) is 2.28. The minimum atomic E-state index is -0.149. The third-order valence-corrected chi connectivity index (χ3v) is 5.42. The molecule has 0 fully saturated rings. The maximum atomic E-state index is 12.6. The first kappa shape index (κ1) is 18.3. The Morgan fingerprint density at radius 3 is 2.73 bits per heavy atom. The summed E-state index contributed by atoms with van der Waals surface area (Å²) in [7, 11) is 3.20. The molecule has 3 rings (SSSR count). The highest BCUT2D eigenvalue weighted by Crippen LogP contribution is 2.33. The van der Waals surface area contributed by atoms with Crippen LogP contribution in [0.15, 0.2) is 41.3 Å². The van der Waals surface area contributed by atoms with Gasteiger partial charge in [-0.1, -0.05) is 18.2 Å². The number of amides is 1. The molecule has 1 amide bonds. The summed E-state index contributed by atoms with van der Waals surface area (Å²) in [5, 5.41) is 2.94. The minimum absolute atomic E-state index is 0.110. The number of benzene rings is 2. The van der Waals surface area contributed by atoms with Crippen LogP contribution in [-0.2, 0) is 6.42 Å². The molecule has 6 heteroatoms. The van der Waals surface area contributed by atoms with Gasteiger partial charge in [-0.25, -0.2) is 0 Å². The summed E-state index contributed by atoms with van der Waals surface area (Å²) in [5.74, 6) is 2.03. The molecule has 0 spiro atoms. The zero-order valence-corrected chi connectivity index (χ0v) is 15.7. The fraction of sp³-hybridized carbons (Fsp3) is 0.300. The Labute approximate surface area is 157 Å². The number of carbonyl (C=O) groups excluding carboxylic acids is 2. The number of ketones is 1. The lowest BCUT2D eigenvalue weighted by atomic mass is 10.0. The number of fused-ring (bicyclic) bond motifs is 1. The van der Waals surface area contributed by atoms with Gasteiger partial charge in [0.25, 0.3) is 5.91 Å². The number of Topliss-reactive ketones (excluding diaryl/α,β-unsaturated/α-hetero) is 1. The van der Waals surface area contributed by atoms with Crippen molar-refractivity contribution in [1.82, 2.24) is 5.32 Å². The molecule has 0 radical (unpaired) electrons. The first-order valence-corrected chi connectivity index (χ1v) is 9.40. The molecule has 2 aromatic carbocycles. The molecule has 5 nitrogen and oxygen atoms in total. The van der Waals surface area contributed by atoms with Crippen LogP contribution < -0.4 is 14.8 Å². The summed E-state index contributed by atoms with van der Waals surface area (Å²) in [6, 6.07) is 11.0. The molecular formula is C20H21NO4S. The van der Waals surface area contributed by atoms with E-state index in [1.165, 1.54) is 0 Å². The number of hydrogen-bond acceptors (Lipinski definition) is 5. The molecule has 1 N–H and O–H groups in total. The molecule has 0 saturated heterocycles. The van der Waals surface area contributed by atoms with Crippen LogP contribution in [0.5, 0.6) is 11.5 Å². The Hall–Kier alpha value is -2.47. The van der Waals surface area contributed by atoms with Crippen LogP contribution >= 0.6 is 11.8 Å². The first-order chi connectivity index (χ1) is 12.6. The molecule has 0 atom stereocenters. The highest BCUT2D eigenvalue weighted by atomic mass is 32.2. The van der Waals surface area contributed by atoms with Gasteiger partial charge in [0.1, 0.15) is 0 Å². The highest BCUT2D eigenvalue weighted by molar-refractivity contribution is 7.99. The van der Waals surface area contributed by atoms with Gasteiger partial charge < -0.3 is 14.8 Å². The van der Waals surface area contributed by atoms with Crippen molar-refractivity contribution in [2.45, 2.75) is 17.7 Å². The van der Waals surface area contributed by atoms with Crippen molar-refractivity contribution in [2.24, 2.45) is 0 Å². The van der Waals surface area contributed by atoms with Crippen molar-refractivity contribution in [2.75, 3.05) is 26.5 Å². The van der Waals surface area contributed by atoms with E-state index in [4.69, 9.17) is 9.47 Å². The van der Waals surface area contributed by atoms with Crippen LogP contribution in [0.1, 0.15) is 32.7 Å². The minimum Gasteiger partial charge on any atom is -0.493 e. The Bertz CT molecular complexity index is 835. The third kappa shape index (κ3) is 3.85. The van der Waals surface area contributed by atoms with E-state index in [2.05, 4.69) is 5.32 Å². The monoisotopic (exact) mass is 371 g/mol. The Kier molecular flexibility index (Phi) is 5.83. The van der Waals surface area contributed by atoms with Crippen LogP contribution in [0.25, 0.3) is 0 Å². The van der Waals surface area contributed by atoms with Crippen molar-refractivity contribution in [3.8, 4) is 11.5 Å². The van der Waals surface area contributed by atoms with Gasteiger partial charge in [0.15, 0.2) is 17.3 Å². The normalized spacial score (nSPS) is 13.1. The van der Waals surface area contributed by atoms with Crippen LogP contribution in [0, 0.1) is 0 Å². The fourth-order valence-electron chi connectivity index (χ4n) is 2.92. The molecule has 26 heavy (non-hydrogen) atoms. The van der Waals surface area contributed by atoms with Gasteiger partial charge >= 0.3 is 0 Å². The molecule has 1 aliphatic rings. The molecule has 0 bridgehead atoms. The van der Waals surface area contributed by atoms with E-state index in [9.17, 15) is 9.59 Å². The average molecular weight is 371 g/mol. The molecule has 1 aliphatic heterocycles. The molecule has 0 aromatic heterocycles. The molecule has 0 saturated carbocycles. The quantitative estimate of drug-likeness (QED) is 0.844. The number of ether oxygens (including phenoxy) is 2. The summed E-state index contributed by atoms with van der Waals surface area (Å²) in [6.07, 6.45) is 1.20. The van der Waals surface area contributed by atoms with Gasteiger partial charge in [-0.05, 0) is 30.2 Å². The maximum Gasteiger partial charge on any atom is 0.252 e. The lowest BCUT2D eigenvalue weighted by Crippen LogP contribution is -2.27. The molecule has 136 valence electrons. The number of thioether (sulfide) groups is 1. The topological polar surface area (TPSA) is 64.6 Å². The molecule has 0 unspecified atom stereocenters. The zero-order chi connectivity index (χ0) is 18.5. The zero-order valence-electron chi connectivity index (χ0n) is 14.8. The van der Waals surface area contributed by atoms with E-state index >= 15 is 0 Å². The van der Waals surface area contributed by atoms with E-state index in [0.29, 0.717) is 42.0 Å². The number of rotatable bonds is 6. The van der Waals surface area contributed by atoms with Crippen LogP contribution in [0.3, 0.4) is 0 Å². The number of nitrogens with one attached hydrogen (secondary N) is 1. The summed E-state index contributed by atoms with van der Waals surface area (Å²) in [4.78, 5) is 25.4. The smallest absolute Gasteiger partial charge is 0.252 e. The average Bonchev–Trinajstić information content (AvgIpc) is 2.67. The number of carbonyl (C=O) groups is 2. The Balaban J connectivity index is 1.65. The second kappa shape index (κ2) is 8.27. The largest absolute Gasteiger partial charge is 0.493 e. The van der Waals surface area contributed by atoms with Gasteiger partial charge in [-0.15, -0.1) is 11.8 Å². The van der Waals surface area contributed by atoms with Crippen molar-refractivity contribution < 1.29 is 19.1 Å². The fourth-order valence-corrected chi connectivity index (χ4v) is 4.07. The van der Waals surface area contributed by atoms with Gasteiger partial charge in [-0.3, -0.25) is 9.59 Å². The number of methoxy groups -OCH3 is 2. The second-order valence-corrected chi connectivity index (χ2v) is 7.00. The van der Waals surface area contributed by atoms with Crippen LogP contribution in [-0.4, -0.2) is 38.2 Å². The summed E-state index contributed by atoms with van der Waals surface area (Å²) >= 11 is 1.57. The Morgan fingerprint density at radius 1 is 1.15 bits per heavy atom. The van der Waals surface area contributed by atoms with Crippen LogP contribution in [0.2, 0.25) is 0 Å². The lowest BCUT2D eigenvalue weighted by molar-refractivity contribution is 0.0951. The van der Waals surface area contributed by atoms with E-state index in [1.54, 1.807) is 44.2 Å².